The smallest absolute Gasteiger partial charge is 0.142 e. The van der Waals surface area contributed by atoms with Crippen LogP contribution >= 0.6 is 0 Å². The van der Waals surface area contributed by atoms with Crippen LogP contribution in [0.25, 0.3) is 0 Å². The van der Waals surface area contributed by atoms with E-state index in [1.54, 1.807) is 33.6 Å². The first-order chi connectivity index (χ1) is 9.71. The van der Waals surface area contributed by atoms with Gasteiger partial charge in [0.15, 0.2) is 0 Å². The molecule has 0 bridgehead atoms. The normalized spacial score (nSPS) is 11.8. The number of nitrogens with zero attached hydrogens (tertiary/aromatic N) is 1. The van der Waals surface area contributed by atoms with Crippen LogP contribution in [0.3, 0.4) is 0 Å². The van der Waals surface area contributed by atoms with Gasteiger partial charge in [0.2, 0.25) is 0 Å². The topological polar surface area (TPSA) is 66.6 Å². The number of pyridine rings is 1. The molecular formula is C15H18N2O3. The third kappa shape index (κ3) is 2.67. The van der Waals surface area contributed by atoms with Crippen LogP contribution in [0.15, 0.2) is 36.5 Å². The van der Waals surface area contributed by atoms with E-state index in [2.05, 4.69) is 4.98 Å². The number of benzene rings is 1. The second kappa shape index (κ2) is 6.25. The Labute approximate surface area is 118 Å². The molecule has 0 saturated heterocycles. The molecule has 0 aliphatic rings. The van der Waals surface area contributed by atoms with Crippen LogP contribution in [0, 0.1) is 0 Å². The molecule has 0 aliphatic heterocycles. The highest BCUT2D eigenvalue weighted by molar-refractivity contribution is 5.47. The van der Waals surface area contributed by atoms with Crippen molar-refractivity contribution in [2.75, 3.05) is 21.3 Å². The van der Waals surface area contributed by atoms with E-state index >= 15 is 0 Å². The highest BCUT2D eigenvalue weighted by Gasteiger charge is 2.19. The summed E-state index contributed by atoms with van der Waals surface area (Å²) in [5.74, 6) is 2.04. The van der Waals surface area contributed by atoms with Gasteiger partial charge in [-0.25, -0.2) is 0 Å². The molecule has 2 aromatic rings. The SMILES string of the molecule is COc1ccc(OC)c(C(N)c2ncccc2OC)c1. The van der Waals surface area contributed by atoms with Gasteiger partial charge in [0, 0.05) is 11.8 Å². The van der Waals surface area contributed by atoms with Gasteiger partial charge in [0.25, 0.3) is 0 Å². The summed E-state index contributed by atoms with van der Waals surface area (Å²) in [7, 11) is 4.81. The van der Waals surface area contributed by atoms with Crippen molar-refractivity contribution in [1.82, 2.24) is 4.98 Å². The average Bonchev–Trinajstić information content (AvgIpc) is 2.53. The van der Waals surface area contributed by atoms with Crippen molar-refractivity contribution in [2.45, 2.75) is 6.04 Å². The Morgan fingerprint density at radius 1 is 1.00 bits per heavy atom. The van der Waals surface area contributed by atoms with Crippen LogP contribution in [-0.2, 0) is 0 Å². The number of nitrogens with two attached hydrogens (primary N) is 1. The van der Waals surface area contributed by atoms with Gasteiger partial charge < -0.3 is 19.9 Å². The molecule has 20 heavy (non-hydrogen) atoms. The molecular weight excluding hydrogens is 256 g/mol. The van der Waals surface area contributed by atoms with E-state index in [0.717, 1.165) is 5.56 Å². The summed E-state index contributed by atoms with van der Waals surface area (Å²) in [5.41, 5.74) is 7.76. The molecule has 0 saturated carbocycles. The summed E-state index contributed by atoms with van der Waals surface area (Å²) in [5, 5.41) is 0. The predicted molar refractivity (Wildman–Crippen MR) is 76.4 cm³/mol. The van der Waals surface area contributed by atoms with E-state index in [9.17, 15) is 0 Å². The van der Waals surface area contributed by atoms with Gasteiger partial charge in [-0.2, -0.15) is 0 Å². The van der Waals surface area contributed by atoms with Gasteiger partial charge in [-0.1, -0.05) is 0 Å². The number of hydrogen-bond acceptors (Lipinski definition) is 5. The third-order valence-electron chi connectivity index (χ3n) is 3.09. The fraction of sp³-hybridized carbons (Fsp3) is 0.267. The monoisotopic (exact) mass is 274 g/mol. The Morgan fingerprint density at radius 2 is 1.75 bits per heavy atom. The first-order valence-corrected chi connectivity index (χ1v) is 6.17. The van der Waals surface area contributed by atoms with E-state index in [4.69, 9.17) is 19.9 Å². The molecule has 0 amide bonds. The quantitative estimate of drug-likeness (QED) is 0.905. The van der Waals surface area contributed by atoms with Crippen LogP contribution in [0.4, 0.5) is 0 Å². The van der Waals surface area contributed by atoms with Gasteiger partial charge in [-0.15, -0.1) is 0 Å². The summed E-state index contributed by atoms with van der Waals surface area (Å²) in [6.07, 6.45) is 1.68. The highest BCUT2D eigenvalue weighted by atomic mass is 16.5. The van der Waals surface area contributed by atoms with Crippen LogP contribution in [0.1, 0.15) is 17.3 Å². The molecule has 2 rings (SSSR count). The summed E-state index contributed by atoms with van der Waals surface area (Å²) < 4.78 is 15.9. The predicted octanol–water partition coefficient (Wildman–Crippen LogP) is 2.16. The Bertz CT molecular complexity index is 587. The van der Waals surface area contributed by atoms with Gasteiger partial charge in [-0.05, 0) is 30.3 Å². The molecule has 1 atom stereocenters. The molecule has 1 aromatic heterocycles. The number of aromatic nitrogens is 1. The molecule has 106 valence electrons. The van der Waals surface area contributed by atoms with Crippen LogP contribution in [-0.4, -0.2) is 26.3 Å². The largest absolute Gasteiger partial charge is 0.497 e. The summed E-state index contributed by atoms with van der Waals surface area (Å²) in [6.45, 7) is 0. The first kappa shape index (κ1) is 14.1. The first-order valence-electron chi connectivity index (χ1n) is 6.17. The van der Waals surface area contributed by atoms with Crippen molar-refractivity contribution in [3.05, 3.63) is 47.8 Å². The molecule has 0 aliphatic carbocycles. The fourth-order valence-corrected chi connectivity index (χ4v) is 2.04. The Hall–Kier alpha value is -2.27. The van der Waals surface area contributed by atoms with Gasteiger partial charge in [-0.3, -0.25) is 4.98 Å². The molecule has 5 heteroatoms. The Balaban J connectivity index is 2.49. The van der Waals surface area contributed by atoms with Crippen molar-refractivity contribution >= 4 is 0 Å². The average molecular weight is 274 g/mol. The maximum absolute atomic E-state index is 6.31. The lowest BCUT2D eigenvalue weighted by Crippen LogP contribution is -2.16. The minimum Gasteiger partial charge on any atom is -0.497 e. The molecule has 5 nitrogen and oxygen atoms in total. The maximum atomic E-state index is 6.31. The second-order valence-corrected chi connectivity index (χ2v) is 4.18. The molecule has 0 radical (unpaired) electrons. The lowest BCUT2D eigenvalue weighted by molar-refractivity contribution is 0.392. The Kier molecular flexibility index (Phi) is 4.42. The van der Waals surface area contributed by atoms with Crippen molar-refractivity contribution in [3.63, 3.8) is 0 Å². The molecule has 2 N–H and O–H groups in total. The second-order valence-electron chi connectivity index (χ2n) is 4.18. The van der Waals surface area contributed by atoms with Crippen molar-refractivity contribution in [3.8, 4) is 17.2 Å². The van der Waals surface area contributed by atoms with E-state index < -0.39 is 6.04 Å². The number of hydrogen-bond donors (Lipinski definition) is 1. The maximum Gasteiger partial charge on any atom is 0.142 e. The van der Waals surface area contributed by atoms with E-state index in [0.29, 0.717) is 22.9 Å². The van der Waals surface area contributed by atoms with Crippen LogP contribution in [0.2, 0.25) is 0 Å². The summed E-state index contributed by atoms with van der Waals surface area (Å²) in [4.78, 5) is 4.31. The molecule has 1 unspecified atom stereocenters. The zero-order valence-corrected chi connectivity index (χ0v) is 11.8. The molecule has 1 heterocycles. The zero-order chi connectivity index (χ0) is 14.5. The molecule has 1 aromatic carbocycles. The molecule has 0 fully saturated rings. The van der Waals surface area contributed by atoms with E-state index in [1.807, 2.05) is 24.3 Å². The highest BCUT2D eigenvalue weighted by Crippen LogP contribution is 2.33. The number of ether oxygens (including phenoxy) is 3. The fourth-order valence-electron chi connectivity index (χ4n) is 2.04. The van der Waals surface area contributed by atoms with Crippen LogP contribution < -0.4 is 19.9 Å². The van der Waals surface area contributed by atoms with Gasteiger partial charge in [0.1, 0.15) is 22.9 Å². The van der Waals surface area contributed by atoms with Gasteiger partial charge >= 0.3 is 0 Å². The lowest BCUT2D eigenvalue weighted by Gasteiger charge is -2.18. The number of methoxy groups -OCH3 is 3. The van der Waals surface area contributed by atoms with Crippen LogP contribution in [0.5, 0.6) is 17.2 Å². The molecule has 0 spiro atoms. The summed E-state index contributed by atoms with van der Waals surface area (Å²) >= 11 is 0. The standard InChI is InChI=1S/C15H18N2O3/c1-18-10-6-7-12(19-2)11(9-10)14(16)15-13(20-3)5-4-8-17-15/h4-9,14H,16H2,1-3H3. The minimum absolute atomic E-state index is 0.462. The number of rotatable bonds is 5. The lowest BCUT2D eigenvalue weighted by atomic mass is 10.0. The van der Waals surface area contributed by atoms with E-state index in [1.165, 1.54) is 0 Å². The zero-order valence-electron chi connectivity index (χ0n) is 11.8. The Morgan fingerprint density at radius 3 is 2.40 bits per heavy atom. The summed E-state index contributed by atoms with van der Waals surface area (Å²) in [6, 6.07) is 8.66. The van der Waals surface area contributed by atoms with Gasteiger partial charge in [0.05, 0.1) is 27.4 Å². The van der Waals surface area contributed by atoms with Crippen molar-refractivity contribution in [1.29, 1.82) is 0 Å². The van der Waals surface area contributed by atoms with Crippen molar-refractivity contribution < 1.29 is 14.2 Å². The third-order valence-corrected chi connectivity index (χ3v) is 3.09. The van der Waals surface area contributed by atoms with E-state index in [-0.39, 0.29) is 0 Å². The minimum atomic E-state index is -0.462. The van der Waals surface area contributed by atoms with Crippen molar-refractivity contribution in [2.24, 2.45) is 5.73 Å².